The van der Waals surface area contributed by atoms with E-state index in [-0.39, 0.29) is 17.2 Å². The predicted molar refractivity (Wildman–Crippen MR) is 127 cm³/mol. The normalized spacial score (nSPS) is 10.8. The lowest BCUT2D eigenvalue weighted by Gasteiger charge is -2.09. The van der Waals surface area contributed by atoms with Gasteiger partial charge in [-0.15, -0.1) is 10.2 Å². The number of hydrogen-bond acceptors (Lipinski definition) is 5. The van der Waals surface area contributed by atoms with Crippen LogP contribution in [0.4, 0.5) is 5.69 Å². The highest BCUT2D eigenvalue weighted by Gasteiger charge is 2.11. The van der Waals surface area contributed by atoms with Crippen LogP contribution in [0.3, 0.4) is 0 Å². The van der Waals surface area contributed by atoms with Crippen molar-refractivity contribution in [1.29, 1.82) is 0 Å². The van der Waals surface area contributed by atoms with Crippen LogP contribution in [0.25, 0.3) is 5.69 Å². The smallest absolute Gasteiger partial charge is 0.250 e. The highest BCUT2D eigenvalue weighted by Crippen LogP contribution is 2.24. The van der Waals surface area contributed by atoms with Crippen molar-refractivity contribution in [3.63, 3.8) is 0 Å². The molecule has 0 atom stereocenters. The van der Waals surface area contributed by atoms with Crippen molar-refractivity contribution in [2.75, 3.05) is 11.1 Å². The van der Waals surface area contributed by atoms with Crippen LogP contribution in [0.1, 0.15) is 11.1 Å². The molecule has 0 bridgehead atoms. The maximum Gasteiger partial charge on any atom is 0.250 e. The number of carbonyl (C=O) groups excluding carboxylic acids is 1. The number of amides is 1. The van der Waals surface area contributed by atoms with Crippen LogP contribution in [0, 0.1) is 6.92 Å². The third-order valence-corrected chi connectivity index (χ3v) is 6.12. The standard InChI is InChI=1S/C23H20ClN5O2S/c1-16-5-10-19(12-20(16)24)29-15-25-27-23(29)32-14-21(30)26-18-8-6-17(7-9-18)13-28-11-3-2-4-22(28)31/h2-12,15H,13-14H2,1H3,(H,26,30). The van der Waals surface area contributed by atoms with Crippen LogP contribution in [-0.2, 0) is 11.3 Å². The molecule has 0 radical (unpaired) electrons. The van der Waals surface area contributed by atoms with E-state index in [1.807, 2.05) is 55.5 Å². The van der Waals surface area contributed by atoms with Gasteiger partial charge >= 0.3 is 0 Å². The number of pyridine rings is 1. The Hall–Kier alpha value is -3.36. The number of nitrogens with zero attached hydrogens (tertiary/aromatic N) is 4. The van der Waals surface area contributed by atoms with Crippen molar-refractivity contribution in [3.05, 3.63) is 99.7 Å². The fourth-order valence-electron chi connectivity index (χ4n) is 3.04. The van der Waals surface area contributed by atoms with Crippen molar-refractivity contribution >= 4 is 35.0 Å². The van der Waals surface area contributed by atoms with E-state index in [9.17, 15) is 9.59 Å². The van der Waals surface area contributed by atoms with Gasteiger partial charge in [-0.3, -0.25) is 14.2 Å². The number of anilines is 1. The molecule has 0 aliphatic heterocycles. The van der Waals surface area contributed by atoms with Gasteiger partial charge in [-0.05, 0) is 48.4 Å². The number of aromatic nitrogens is 4. The van der Waals surface area contributed by atoms with Gasteiger partial charge in [-0.25, -0.2) is 0 Å². The lowest BCUT2D eigenvalue weighted by molar-refractivity contribution is -0.113. The summed E-state index contributed by atoms with van der Waals surface area (Å²) in [5.41, 5.74) is 3.42. The van der Waals surface area contributed by atoms with Crippen LogP contribution in [0.2, 0.25) is 5.02 Å². The molecule has 9 heteroatoms. The maximum absolute atomic E-state index is 12.4. The minimum Gasteiger partial charge on any atom is -0.325 e. The summed E-state index contributed by atoms with van der Waals surface area (Å²) in [6.07, 6.45) is 3.34. The minimum atomic E-state index is -0.154. The van der Waals surface area contributed by atoms with Gasteiger partial charge in [-0.1, -0.05) is 47.6 Å². The van der Waals surface area contributed by atoms with Gasteiger partial charge in [0.25, 0.3) is 5.56 Å². The molecule has 1 amide bonds. The zero-order chi connectivity index (χ0) is 22.5. The van der Waals surface area contributed by atoms with Crippen molar-refractivity contribution in [1.82, 2.24) is 19.3 Å². The third kappa shape index (κ3) is 5.27. The molecule has 0 spiro atoms. The SMILES string of the molecule is Cc1ccc(-n2cnnc2SCC(=O)Nc2ccc(Cn3ccccc3=O)cc2)cc1Cl. The maximum atomic E-state index is 12.4. The molecule has 7 nitrogen and oxygen atoms in total. The van der Waals surface area contributed by atoms with Crippen LogP contribution >= 0.6 is 23.4 Å². The fraction of sp³-hybridized carbons (Fsp3) is 0.130. The second kappa shape index (κ2) is 9.84. The van der Waals surface area contributed by atoms with Crippen molar-refractivity contribution in [2.24, 2.45) is 0 Å². The van der Waals surface area contributed by atoms with E-state index in [1.165, 1.54) is 17.8 Å². The van der Waals surface area contributed by atoms with E-state index >= 15 is 0 Å². The molecule has 1 N–H and O–H groups in total. The summed E-state index contributed by atoms with van der Waals surface area (Å²) >= 11 is 7.51. The number of aryl methyl sites for hydroxylation is 1. The van der Waals surface area contributed by atoms with E-state index in [0.717, 1.165) is 16.8 Å². The molecule has 0 unspecified atom stereocenters. The van der Waals surface area contributed by atoms with E-state index in [1.54, 1.807) is 27.7 Å². The minimum absolute atomic E-state index is 0.0531. The Balaban J connectivity index is 1.35. The summed E-state index contributed by atoms with van der Waals surface area (Å²) in [6, 6.07) is 18.2. The molecule has 0 aliphatic rings. The Morgan fingerprint density at radius 1 is 1.12 bits per heavy atom. The highest BCUT2D eigenvalue weighted by atomic mass is 35.5. The largest absolute Gasteiger partial charge is 0.325 e. The van der Waals surface area contributed by atoms with E-state index in [2.05, 4.69) is 15.5 Å². The number of rotatable bonds is 7. The number of nitrogens with one attached hydrogen (secondary N) is 1. The summed E-state index contributed by atoms with van der Waals surface area (Å²) in [7, 11) is 0. The molecule has 4 rings (SSSR count). The van der Waals surface area contributed by atoms with E-state index in [0.29, 0.717) is 22.4 Å². The Morgan fingerprint density at radius 3 is 2.69 bits per heavy atom. The number of thioether (sulfide) groups is 1. The molecular formula is C23H20ClN5O2S. The zero-order valence-corrected chi connectivity index (χ0v) is 18.8. The first kappa shape index (κ1) is 21.9. The molecule has 0 saturated carbocycles. The fourth-order valence-corrected chi connectivity index (χ4v) is 3.94. The molecule has 4 aromatic rings. The summed E-state index contributed by atoms with van der Waals surface area (Å²) in [5.74, 6) is 0.0259. The Morgan fingerprint density at radius 2 is 1.94 bits per heavy atom. The molecular weight excluding hydrogens is 446 g/mol. The Kier molecular flexibility index (Phi) is 6.72. The first-order chi connectivity index (χ1) is 15.5. The Bertz CT molecular complexity index is 1300. The third-order valence-electron chi connectivity index (χ3n) is 4.77. The van der Waals surface area contributed by atoms with Gasteiger partial charge in [-0.2, -0.15) is 0 Å². The molecule has 2 heterocycles. The van der Waals surface area contributed by atoms with Crippen LogP contribution in [0.5, 0.6) is 0 Å². The van der Waals surface area contributed by atoms with Crippen molar-refractivity contribution < 1.29 is 4.79 Å². The lowest BCUT2D eigenvalue weighted by atomic mass is 10.2. The molecule has 32 heavy (non-hydrogen) atoms. The number of halogens is 1. The predicted octanol–water partition coefficient (Wildman–Crippen LogP) is 4.17. The van der Waals surface area contributed by atoms with Gasteiger partial charge in [0.1, 0.15) is 6.33 Å². The first-order valence-corrected chi connectivity index (χ1v) is 11.2. The van der Waals surface area contributed by atoms with Gasteiger partial charge in [0.2, 0.25) is 5.91 Å². The zero-order valence-electron chi connectivity index (χ0n) is 17.2. The number of carbonyl (C=O) groups is 1. The van der Waals surface area contributed by atoms with Crippen LogP contribution in [-0.4, -0.2) is 31.0 Å². The Labute approximate surface area is 194 Å². The van der Waals surface area contributed by atoms with Gasteiger partial charge in [0.05, 0.1) is 18.0 Å². The average molecular weight is 466 g/mol. The highest BCUT2D eigenvalue weighted by molar-refractivity contribution is 7.99. The molecule has 162 valence electrons. The molecule has 0 saturated heterocycles. The van der Waals surface area contributed by atoms with E-state index < -0.39 is 0 Å². The average Bonchev–Trinajstić information content (AvgIpc) is 3.26. The quantitative estimate of drug-likeness (QED) is 0.414. The van der Waals surface area contributed by atoms with Gasteiger partial charge in [0.15, 0.2) is 5.16 Å². The topological polar surface area (TPSA) is 81.8 Å². The van der Waals surface area contributed by atoms with Gasteiger partial charge < -0.3 is 9.88 Å². The number of benzene rings is 2. The molecule has 0 fully saturated rings. The molecule has 2 aromatic carbocycles. The van der Waals surface area contributed by atoms with Gasteiger partial charge in [0, 0.05) is 23.0 Å². The first-order valence-electron chi connectivity index (χ1n) is 9.83. The summed E-state index contributed by atoms with van der Waals surface area (Å²) in [6.45, 7) is 2.41. The number of hydrogen-bond donors (Lipinski definition) is 1. The summed E-state index contributed by atoms with van der Waals surface area (Å²) < 4.78 is 3.42. The molecule has 2 aromatic heterocycles. The van der Waals surface area contributed by atoms with Crippen LogP contribution in [0.15, 0.2) is 83.1 Å². The summed E-state index contributed by atoms with van der Waals surface area (Å²) in [5, 5.41) is 12.2. The van der Waals surface area contributed by atoms with Crippen molar-refractivity contribution in [3.8, 4) is 5.69 Å². The van der Waals surface area contributed by atoms with Crippen LogP contribution < -0.4 is 10.9 Å². The molecule has 0 aliphatic carbocycles. The van der Waals surface area contributed by atoms with E-state index in [4.69, 9.17) is 11.6 Å². The second-order valence-electron chi connectivity index (χ2n) is 7.12. The van der Waals surface area contributed by atoms with Crippen molar-refractivity contribution in [2.45, 2.75) is 18.6 Å². The lowest BCUT2D eigenvalue weighted by Crippen LogP contribution is -2.18. The second-order valence-corrected chi connectivity index (χ2v) is 8.47. The monoisotopic (exact) mass is 465 g/mol. The summed E-state index contributed by atoms with van der Waals surface area (Å²) in [4.78, 5) is 24.3.